The molecule has 0 aromatic heterocycles. The van der Waals surface area contributed by atoms with Crippen molar-refractivity contribution in [1.82, 2.24) is 5.32 Å². The van der Waals surface area contributed by atoms with Crippen molar-refractivity contribution in [1.29, 1.82) is 0 Å². The van der Waals surface area contributed by atoms with Crippen LogP contribution >= 0.6 is 0 Å². The summed E-state index contributed by atoms with van der Waals surface area (Å²) >= 11 is 0. The summed E-state index contributed by atoms with van der Waals surface area (Å²) in [5, 5.41) is 3.00. The van der Waals surface area contributed by atoms with Gasteiger partial charge in [0.2, 0.25) is 5.91 Å². The second kappa shape index (κ2) is 7.52. The average Bonchev–Trinajstić information content (AvgIpc) is 2.52. The molecule has 1 amide bonds. The highest BCUT2D eigenvalue weighted by Gasteiger charge is 2.41. The highest BCUT2D eigenvalue weighted by atomic mass is 19.1. The van der Waals surface area contributed by atoms with E-state index in [4.69, 9.17) is 10.5 Å². The van der Waals surface area contributed by atoms with E-state index in [1.165, 1.54) is 12.1 Å². The van der Waals surface area contributed by atoms with Gasteiger partial charge in [0.05, 0.1) is 5.41 Å². The Bertz CT molecular complexity index is 456. The largest absolute Gasteiger partial charge is 0.381 e. The van der Waals surface area contributed by atoms with Crippen LogP contribution in [0.3, 0.4) is 0 Å². The Balaban J connectivity index is 2.12. The molecule has 1 aliphatic rings. The van der Waals surface area contributed by atoms with Crippen molar-refractivity contribution in [2.24, 2.45) is 5.73 Å². The van der Waals surface area contributed by atoms with Gasteiger partial charge in [0.1, 0.15) is 5.82 Å². The summed E-state index contributed by atoms with van der Waals surface area (Å²) in [5.41, 5.74) is 5.72. The smallest absolute Gasteiger partial charge is 0.230 e. The lowest BCUT2D eigenvalue weighted by Crippen LogP contribution is -2.48. The van der Waals surface area contributed by atoms with Crippen LogP contribution in [0.1, 0.15) is 31.2 Å². The summed E-state index contributed by atoms with van der Waals surface area (Å²) in [4.78, 5) is 12.7. The molecule has 2 rings (SSSR count). The topological polar surface area (TPSA) is 64.3 Å². The fourth-order valence-corrected chi connectivity index (χ4v) is 2.78. The van der Waals surface area contributed by atoms with Gasteiger partial charge in [0, 0.05) is 19.8 Å². The van der Waals surface area contributed by atoms with Crippen molar-refractivity contribution in [3.05, 3.63) is 35.6 Å². The Labute approximate surface area is 124 Å². The molecule has 4 nitrogen and oxygen atoms in total. The third kappa shape index (κ3) is 3.80. The molecule has 0 radical (unpaired) electrons. The monoisotopic (exact) mass is 294 g/mol. The van der Waals surface area contributed by atoms with Crippen LogP contribution in [0.5, 0.6) is 0 Å². The maximum Gasteiger partial charge on any atom is 0.230 e. The maximum absolute atomic E-state index is 13.1. The standard InChI is InChI=1S/C16H23FN2O2/c17-14-5-3-13(4-6-14)16(7-11-21-12-8-16)15(20)19-10-2-1-9-18/h3-6H,1-2,7-12,18H2,(H,19,20). The number of nitrogens with one attached hydrogen (secondary N) is 1. The molecule has 1 aromatic rings. The number of nitrogens with two attached hydrogens (primary N) is 1. The molecule has 0 aliphatic carbocycles. The number of carbonyl (C=O) groups is 1. The minimum absolute atomic E-state index is 0.00873. The van der Waals surface area contributed by atoms with Gasteiger partial charge in [0.25, 0.3) is 0 Å². The number of ether oxygens (including phenoxy) is 1. The molecule has 1 heterocycles. The summed E-state index contributed by atoms with van der Waals surface area (Å²) in [6, 6.07) is 6.24. The number of unbranched alkanes of at least 4 members (excludes halogenated alkanes) is 1. The Hall–Kier alpha value is -1.46. The molecule has 1 fully saturated rings. The molecule has 0 unspecified atom stereocenters. The Morgan fingerprint density at radius 2 is 1.90 bits per heavy atom. The van der Waals surface area contributed by atoms with E-state index >= 15 is 0 Å². The number of amides is 1. The SMILES string of the molecule is NCCCCNC(=O)C1(c2ccc(F)cc2)CCOCC1. The minimum atomic E-state index is -0.603. The lowest BCUT2D eigenvalue weighted by molar-refractivity contribution is -0.130. The van der Waals surface area contributed by atoms with Crippen LogP contribution in [0.4, 0.5) is 4.39 Å². The van der Waals surface area contributed by atoms with Crippen molar-refractivity contribution < 1.29 is 13.9 Å². The van der Waals surface area contributed by atoms with Gasteiger partial charge in [-0.05, 0) is 49.9 Å². The number of rotatable bonds is 6. The van der Waals surface area contributed by atoms with Gasteiger partial charge in [-0.2, -0.15) is 0 Å². The van der Waals surface area contributed by atoms with Gasteiger partial charge in [-0.15, -0.1) is 0 Å². The number of benzene rings is 1. The second-order valence-electron chi connectivity index (χ2n) is 5.45. The van der Waals surface area contributed by atoms with Crippen molar-refractivity contribution >= 4 is 5.91 Å². The molecule has 1 aliphatic heterocycles. The van der Waals surface area contributed by atoms with Gasteiger partial charge >= 0.3 is 0 Å². The molecular formula is C16H23FN2O2. The molecule has 116 valence electrons. The van der Waals surface area contributed by atoms with E-state index in [0.29, 0.717) is 39.1 Å². The first-order valence-corrected chi connectivity index (χ1v) is 7.51. The first kappa shape index (κ1) is 15.9. The van der Waals surface area contributed by atoms with Gasteiger partial charge in [-0.3, -0.25) is 4.79 Å². The first-order chi connectivity index (χ1) is 10.2. The van der Waals surface area contributed by atoms with Crippen LogP contribution in [-0.4, -0.2) is 32.2 Å². The molecule has 0 saturated carbocycles. The Morgan fingerprint density at radius 3 is 2.52 bits per heavy atom. The van der Waals surface area contributed by atoms with Crippen molar-refractivity contribution in [2.45, 2.75) is 31.1 Å². The van der Waals surface area contributed by atoms with E-state index in [1.807, 2.05) is 0 Å². The van der Waals surface area contributed by atoms with E-state index < -0.39 is 5.41 Å². The summed E-state index contributed by atoms with van der Waals surface area (Å²) in [6.45, 7) is 2.36. The van der Waals surface area contributed by atoms with E-state index in [0.717, 1.165) is 18.4 Å². The zero-order chi connectivity index (χ0) is 15.1. The van der Waals surface area contributed by atoms with E-state index in [-0.39, 0.29) is 11.7 Å². The lowest BCUT2D eigenvalue weighted by Gasteiger charge is -2.36. The van der Waals surface area contributed by atoms with Crippen LogP contribution in [0, 0.1) is 5.82 Å². The zero-order valence-corrected chi connectivity index (χ0v) is 12.2. The normalized spacial score (nSPS) is 17.4. The van der Waals surface area contributed by atoms with Crippen LogP contribution in [-0.2, 0) is 14.9 Å². The highest BCUT2D eigenvalue weighted by molar-refractivity contribution is 5.88. The third-order valence-electron chi connectivity index (χ3n) is 4.09. The second-order valence-corrected chi connectivity index (χ2v) is 5.45. The average molecular weight is 294 g/mol. The van der Waals surface area contributed by atoms with Gasteiger partial charge in [0.15, 0.2) is 0 Å². The molecule has 0 atom stereocenters. The van der Waals surface area contributed by atoms with Crippen molar-refractivity contribution in [2.75, 3.05) is 26.3 Å². The third-order valence-corrected chi connectivity index (χ3v) is 4.09. The quantitative estimate of drug-likeness (QED) is 0.785. The van der Waals surface area contributed by atoms with Crippen molar-refractivity contribution in [3.8, 4) is 0 Å². The van der Waals surface area contributed by atoms with Crippen LogP contribution in [0.25, 0.3) is 0 Å². The van der Waals surface area contributed by atoms with Crippen LogP contribution in [0.2, 0.25) is 0 Å². The predicted octanol–water partition coefficient (Wildman–Crippen LogP) is 1.73. The van der Waals surface area contributed by atoms with E-state index in [2.05, 4.69) is 5.32 Å². The van der Waals surface area contributed by atoms with Gasteiger partial charge in [-0.25, -0.2) is 4.39 Å². The summed E-state index contributed by atoms with van der Waals surface area (Å²) in [5.74, 6) is -0.279. The number of hydrogen-bond acceptors (Lipinski definition) is 3. The van der Waals surface area contributed by atoms with Crippen molar-refractivity contribution in [3.63, 3.8) is 0 Å². The van der Waals surface area contributed by atoms with Crippen LogP contribution in [0.15, 0.2) is 24.3 Å². The molecule has 1 aromatic carbocycles. The molecule has 0 bridgehead atoms. The lowest BCUT2D eigenvalue weighted by atomic mass is 9.73. The predicted molar refractivity (Wildman–Crippen MR) is 79.4 cm³/mol. The fourth-order valence-electron chi connectivity index (χ4n) is 2.78. The summed E-state index contributed by atoms with van der Waals surface area (Å²) < 4.78 is 18.5. The molecular weight excluding hydrogens is 271 g/mol. The Morgan fingerprint density at radius 1 is 1.24 bits per heavy atom. The number of carbonyl (C=O) groups excluding carboxylic acids is 1. The first-order valence-electron chi connectivity index (χ1n) is 7.51. The zero-order valence-electron chi connectivity index (χ0n) is 12.2. The summed E-state index contributed by atoms with van der Waals surface area (Å²) in [6.07, 6.45) is 3.02. The van der Waals surface area contributed by atoms with Gasteiger partial charge in [-0.1, -0.05) is 12.1 Å². The number of halogens is 1. The summed E-state index contributed by atoms with van der Waals surface area (Å²) in [7, 11) is 0. The fraction of sp³-hybridized carbons (Fsp3) is 0.562. The molecule has 5 heteroatoms. The molecule has 0 spiro atoms. The minimum Gasteiger partial charge on any atom is -0.381 e. The molecule has 21 heavy (non-hydrogen) atoms. The highest BCUT2D eigenvalue weighted by Crippen LogP contribution is 2.35. The van der Waals surface area contributed by atoms with Gasteiger partial charge < -0.3 is 15.8 Å². The molecule has 1 saturated heterocycles. The Kier molecular flexibility index (Phi) is 5.70. The number of hydrogen-bond donors (Lipinski definition) is 2. The molecule has 3 N–H and O–H groups in total. The van der Waals surface area contributed by atoms with E-state index in [1.54, 1.807) is 12.1 Å². The van der Waals surface area contributed by atoms with E-state index in [9.17, 15) is 9.18 Å². The maximum atomic E-state index is 13.1. The van der Waals surface area contributed by atoms with Crippen LogP contribution < -0.4 is 11.1 Å².